The summed E-state index contributed by atoms with van der Waals surface area (Å²) in [5.41, 5.74) is 3.62. The molecule has 6 unspecified atom stereocenters. The molecule has 6 atom stereocenters. The topological polar surface area (TPSA) is 99.4 Å². The summed E-state index contributed by atoms with van der Waals surface area (Å²) in [7, 11) is 1.46. The Labute approximate surface area is 206 Å². The van der Waals surface area contributed by atoms with Crippen molar-refractivity contribution in [2.45, 2.75) is 70.2 Å². The Hall–Kier alpha value is -2.70. The van der Waals surface area contributed by atoms with Gasteiger partial charge in [-0.1, -0.05) is 38.1 Å². The van der Waals surface area contributed by atoms with Crippen LogP contribution in [0.2, 0.25) is 0 Å². The number of aromatic hydroxyl groups is 3. The van der Waals surface area contributed by atoms with Gasteiger partial charge in [0.2, 0.25) is 5.75 Å². The molecule has 5 rings (SSSR count). The predicted molar refractivity (Wildman–Crippen MR) is 134 cm³/mol. The summed E-state index contributed by atoms with van der Waals surface area (Å²) in [4.78, 5) is 0. The summed E-state index contributed by atoms with van der Waals surface area (Å²) in [6.45, 7) is 4.38. The number of benzene rings is 2. The van der Waals surface area contributed by atoms with Crippen molar-refractivity contribution in [1.29, 1.82) is 0 Å². The van der Waals surface area contributed by atoms with Crippen LogP contribution in [0.25, 0.3) is 6.08 Å². The lowest BCUT2D eigenvalue weighted by Crippen LogP contribution is -2.49. The van der Waals surface area contributed by atoms with E-state index in [0.717, 1.165) is 43.2 Å². The molecule has 1 saturated carbocycles. The maximum Gasteiger partial charge on any atom is 0.201 e. The summed E-state index contributed by atoms with van der Waals surface area (Å²) in [5, 5.41) is 42.2. The summed E-state index contributed by atoms with van der Waals surface area (Å²) in [6.07, 6.45) is 7.21. The normalized spacial score (nSPS) is 29.4. The minimum Gasteiger partial charge on any atom is -0.508 e. The number of fused-ring (bicyclic) bond motifs is 4. The maximum absolute atomic E-state index is 11.3. The van der Waals surface area contributed by atoms with E-state index in [2.05, 4.69) is 19.9 Å². The number of aryl methyl sites for hydroxylation is 1. The van der Waals surface area contributed by atoms with Gasteiger partial charge < -0.3 is 29.9 Å². The van der Waals surface area contributed by atoms with Crippen molar-refractivity contribution in [3.05, 3.63) is 52.6 Å². The van der Waals surface area contributed by atoms with Crippen LogP contribution < -0.4 is 4.74 Å². The first-order valence-corrected chi connectivity index (χ1v) is 12.7. The molecule has 0 amide bonds. The molecular weight excluding hydrogens is 444 g/mol. The van der Waals surface area contributed by atoms with E-state index in [4.69, 9.17) is 9.47 Å². The molecule has 0 bridgehead atoms. The lowest BCUT2D eigenvalue weighted by Gasteiger charge is -2.49. The van der Waals surface area contributed by atoms with Crippen LogP contribution in [-0.4, -0.2) is 39.7 Å². The third kappa shape index (κ3) is 4.27. The van der Waals surface area contributed by atoms with Crippen molar-refractivity contribution in [2.75, 3.05) is 7.11 Å². The highest BCUT2D eigenvalue weighted by Crippen LogP contribution is 2.54. The minimum atomic E-state index is -0.549. The van der Waals surface area contributed by atoms with Crippen molar-refractivity contribution in [3.63, 3.8) is 0 Å². The molecule has 1 aliphatic heterocycles. The molecule has 0 aromatic heterocycles. The lowest BCUT2D eigenvalue weighted by atomic mass is 9.67. The van der Waals surface area contributed by atoms with E-state index in [1.54, 1.807) is 0 Å². The first kappa shape index (κ1) is 24.0. The third-order valence-electron chi connectivity index (χ3n) is 8.21. The molecule has 0 spiro atoms. The Morgan fingerprint density at radius 3 is 2.63 bits per heavy atom. The van der Waals surface area contributed by atoms with Crippen LogP contribution in [0.3, 0.4) is 0 Å². The van der Waals surface area contributed by atoms with Gasteiger partial charge in [0.15, 0.2) is 11.5 Å². The Balaban J connectivity index is 1.40. The largest absolute Gasteiger partial charge is 0.508 e. The minimum absolute atomic E-state index is 0.0452. The number of hydrogen-bond acceptors (Lipinski definition) is 6. The fourth-order valence-electron chi connectivity index (χ4n) is 6.23. The summed E-state index contributed by atoms with van der Waals surface area (Å²) in [5.74, 6) is 0.725. The number of phenols is 3. The van der Waals surface area contributed by atoms with Gasteiger partial charge in [-0.25, -0.2) is 0 Å². The van der Waals surface area contributed by atoms with Crippen LogP contribution in [0.4, 0.5) is 0 Å². The molecule has 4 N–H and O–H groups in total. The van der Waals surface area contributed by atoms with Crippen molar-refractivity contribution < 1.29 is 29.9 Å². The van der Waals surface area contributed by atoms with E-state index in [1.165, 1.54) is 18.7 Å². The highest BCUT2D eigenvalue weighted by Gasteiger charge is 2.48. The lowest BCUT2D eigenvalue weighted by molar-refractivity contribution is -0.177. The SMILES string of the molecule is COc1c(O)c(O)cc2c1C=CC1C2OC2CC(c3ccc(O)c(CCC(C)C)c3)CCC2C1O. The quantitative estimate of drug-likeness (QED) is 0.426. The standard InChI is InChI=1S/C29H36O6/c1-15(2)4-5-18-12-16(7-11-23(18)30)17-6-8-20-25(13-17)35-28-21(26(20)32)10-9-19-22(28)14-24(31)27(33)29(19)34-3/h7,9-12,14-15,17,20-21,25-26,28,30-33H,4-6,8,13H2,1-3H3. The van der Waals surface area contributed by atoms with Crippen LogP contribution in [-0.2, 0) is 11.2 Å². The van der Waals surface area contributed by atoms with Gasteiger partial charge in [0.1, 0.15) is 5.75 Å². The highest BCUT2D eigenvalue weighted by atomic mass is 16.5. The van der Waals surface area contributed by atoms with Gasteiger partial charge in [-0.3, -0.25) is 0 Å². The molecule has 188 valence electrons. The zero-order chi connectivity index (χ0) is 24.9. The van der Waals surface area contributed by atoms with Gasteiger partial charge in [0.25, 0.3) is 0 Å². The molecule has 6 heteroatoms. The molecular formula is C29H36O6. The number of hydrogen-bond donors (Lipinski definition) is 4. The van der Waals surface area contributed by atoms with E-state index in [0.29, 0.717) is 23.1 Å². The molecule has 2 fully saturated rings. The number of aliphatic hydroxyl groups is 1. The molecule has 35 heavy (non-hydrogen) atoms. The van der Waals surface area contributed by atoms with Crippen LogP contribution in [0, 0.1) is 17.8 Å². The van der Waals surface area contributed by atoms with Crippen molar-refractivity contribution in [2.24, 2.45) is 17.8 Å². The van der Waals surface area contributed by atoms with Crippen LogP contribution in [0.1, 0.15) is 73.8 Å². The first-order valence-electron chi connectivity index (χ1n) is 12.7. The van der Waals surface area contributed by atoms with E-state index < -0.39 is 12.2 Å². The van der Waals surface area contributed by atoms with E-state index in [-0.39, 0.29) is 35.2 Å². The average Bonchev–Trinajstić information content (AvgIpc) is 2.84. The van der Waals surface area contributed by atoms with Crippen molar-refractivity contribution in [1.82, 2.24) is 0 Å². The van der Waals surface area contributed by atoms with Gasteiger partial charge in [-0.05, 0) is 72.8 Å². The van der Waals surface area contributed by atoms with Crippen molar-refractivity contribution >= 4 is 6.08 Å². The fourth-order valence-corrected chi connectivity index (χ4v) is 6.23. The van der Waals surface area contributed by atoms with Crippen LogP contribution in [0.15, 0.2) is 30.3 Å². The van der Waals surface area contributed by atoms with Gasteiger partial charge >= 0.3 is 0 Å². The number of ether oxygens (including phenoxy) is 2. The second-order valence-electron chi connectivity index (χ2n) is 10.8. The van der Waals surface area contributed by atoms with Crippen LogP contribution in [0.5, 0.6) is 23.0 Å². The molecule has 1 saturated heterocycles. The maximum atomic E-state index is 11.3. The highest BCUT2D eigenvalue weighted by molar-refractivity contribution is 5.71. The predicted octanol–water partition coefficient (Wildman–Crippen LogP) is 5.43. The Morgan fingerprint density at radius 2 is 1.89 bits per heavy atom. The number of phenolic OH excluding ortho intramolecular Hbond substituents is 3. The molecule has 3 aliphatic rings. The molecule has 6 nitrogen and oxygen atoms in total. The molecule has 1 heterocycles. The fraction of sp³-hybridized carbons (Fsp3) is 0.517. The van der Waals surface area contributed by atoms with Gasteiger partial charge in [-0.15, -0.1) is 0 Å². The molecule has 0 radical (unpaired) electrons. The number of rotatable bonds is 5. The molecule has 2 aliphatic carbocycles. The average molecular weight is 481 g/mol. The Bertz CT molecular complexity index is 1120. The number of methoxy groups -OCH3 is 1. The first-order chi connectivity index (χ1) is 16.8. The molecule has 2 aromatic rings. The van der Waals surface area contributed by atoms with Crippen molar-refractivity contribution in [3.8, 4) is 23.0 Å². The number of aliphatic hydroxyl groups excluding tert-OH is 1. The van der Waals surface area contributed by atoms with Gasteiger partial charge in [0, 0.05) is 17.4 Å². The van der Waals surface area contributed by atoms with Crippen LogP contribution >= 0.6 is 0 Å². The second kappa shape index (κ2) is 9.40. The zero-order valence-electron chi connectivity index (χ0n) is 20.6. The Morgan fingerprint density at radius 1 is 1.09 bits per heavy atom. The van der Waals surface area contributed by atoms with E-state index in [1.807, 2.05) is 24.3 Å². The monoisotopic (exact) mass is 480 g/mol. The van der Waals surface area contributed by atoms with E-state index in [9.17, 15) is 20.4 Å². The van der Waals surface area contributed by atoms with Gasteiger partial charge in [-0.2, -0.15) is 0 Å². The zero-order valence-corrected chi connectivity index (χ0v) is 20.6. The summed E-state index contributed by atoms with van der Waals surface area (Å²) in [6, 6.07) is 7.51. The molecule has 2 aromatic carbocycles. The third-order valence-corrected chi connectivity index (χ3v) is 8.21. The summed E-state index contributed by atoms with van der Waals surface area (Å²) >= 11 is 0. The van der Waals surface area contributed by atoms with E-state index >= 15 is 0 Å². The smallest absolute Gasteiger partial charge is 0.201 e. The Kier molecular flexibility index (Phi) is 6.45. The summed E-state index contributed by atoms with van der Waals surface area (Å²) < 4.78 is 12.0. The van der Waals surface area contributed by atoms with Gasteiger partial charge in [0.05, 0.1) is 25.4 Å². The second-order valence-corrected chi connectivity index (χ2v) is 10.8.